The lowest BCUT2D eigenvalue weighted by Gasteiger charge is -2.46. The molecule has 4 heteroatoms. The lowest BCUT2D eigenvalue weighted by Crippen LogP contribution is -2.51. The molecule has 1 aliphatic rings. The molecule has 0 N–H and O–H groups in total. The Bertz CT molecular complexity index is 923. The monoisotopic (exact) mass is 360 g/mol. The molecule has 0 saturated heterocycles. The highest BCUT2D eigenvalue weighted by atomic mass is 16.5. The number of fused-ring (bicyclic) bond motifs is 1. The van der Waals surface area contributed by atoms with Crippen LogP contribution in [-0.2, 0) is 0 Å². The SMILES string of the molecule is COc1cc2c(cc1/C=C/C#N)C(C)CC(C)(C)N2C(=O)c1ccccc1. The second-order valence-electron chi connectivity index (χ2n) is 7.54. The number of allylic oxidation sites excluding steroid dienone is 1. The second kappa shape index (κ2) is 7.28. The smallest absolute Gasteiger partial charge is 0.258 e. The second-order valence-corrected chi connectivity index (χ2v) is 7.54. The minimum Gasteiger partial charge on any atom is -0.496 e. The fraction of sp³-hybridized carbons (Fsp3) is 0.304. The average Bonchev–Trinajstić information content (AvgIpc) is 2.65. The molecule has 27 heavy (non-hydrogen) atoms. The molecule has 1 heterocycles. The summed E-state index contributed by atoms with van der Waals surface area (Å²) < 4.78 is 5.55. The van der Waals surface area contributed by atoms with Gasteiger partial charge < -0.3 is 9.64 Å². The molecule has 1 amide bonds. The predicted octanol–water partition coefficient (Wildman–Crippen LogP) is 5.16. The van der Waals surface area contributed by atoms with Crippen LogP contribution in [0.2, 0.25) is 0 Å². The van der Waals surface area contributed by atoms with E-state index in [-0.39, 0.29) is 17.4 Å². The first-order chi connectivity index (χ1) is 12.9. The molecule has 1 aliphatic heterocycles. The standard InChI is InChI=1S/C23H24N2O2/c1-16-15-23(2,3)25(22(26)17-9-6-5-7-10-17)20-14-21(27-4)18(11-8-12-24)13-19(16)20/h5-11,13-14,16H,15H2,1-4H3/b11-8+. The van der Waals surface area contributed by atoms with Crippen LogP contribution in [0.1, 0.15) is 54.6 Å². The molecule has 0 aromatic heterocycles. The van der Waals surface area contributed by atoms with E-state index in [0.717, 1.165) is 23.2 Å². The van der Waals surface area contributed by atoms with Crippen molar-refractivity contribution in [2.45, 2.75) is 38.6 Å². The van der Waals surface area contributed by atoms with Crippen LogP contribution in [0.25, 0.3) is 6.08 Å². The Morgan fingerprint density at radius 2 is 2.00 bits per heavy atom. The number of amides is 1. The van der Waals surface area contributed by atoms with Crippen LogP contribution in [0.15, 0.2) is 48.5 Å². The fourth-order valence-electron chi connectivity index (χ4n) is 4.00. The van der Waals surface area contributed by atoms with Gasteiger partial charge in [-0.1, -0.05) is 25.1 Å². The number of hydrogen-bond donors (Lipinski definition) is 0. The largest absolute Gasteiger partial charge is 0.496 e. The highest BCUT2D eigenvalue weighted by Crippen LogP contribution is 2.46. The number of benzene rings is 2. The Hall–Kier alpha value is -3.06. The first-order valence-electron chi connectivity index (χ1n) is 9.06. The molecular formula is C23H24N2O2. The molecule has 138 valence electrons. The summed E-state index contributed by atoms with van der Waals surface area (Å²) in [5.74, 6) is 0.919. The van der Waals surface area contributed by atoms with Gasteiger partial charge in [0, 0.05) is 28.8 Å². The fourth-order valence-corrected chi connectivity index (χ4v) is 4.00. The molecular weight excluding hydrogens is 336 g/mol. The van der Waals surface area contributed by atoms with Crippen LogP contribution in [-0.4, -0.2) is 18.6 Å². The van der Waals surface area contributed by atoms with Crippen molar-refractivity contribution in [1.82, 2.24) is 0 Å². The summed E-state index contributed by atoms with van der Waals surface area (Å²) in [5.41, 5.74) is 3.15. The molecule has 1 unspecified atom stereocenters. The summed E-state index contributed by atoms with van der Waals surface area (Å²) in [4.78, 5) is 15.3. The van der Waals surface area contributed by atoms with Crippen molar-refractivity contribution in [2.24, 2.45) is 0 Å². The van der Waals surface area contributed by atoms with Gasteiger partial charge >= 0.3 is 0 Å². The maximum absolute atomic E-state index is 13.4. The number of methoxy groups -OCH3 is 1. The number of hydrogen-bond acceptors (Lipinski definition) is 3. The summed E-state index contributed by atoms with van der Waals surface area (Å²) in [7, 11) is 1.60. The summed E-state index contributed by atoms with van der Waals surface area (Å²) in [6.07, 6.45) is 4.04. The quantitative estimate of drug-likeness (QED) is 0.710. The van der Waals surface area contributed by atoms with Crippen LogP contribution in [0.5, 0.6) is 5.75 Å². The van der Waals surface area contributed by atoms with Crippen molar-refractivity contribution in [3.63, 3.8) is 0 Å². The first kappa shape index (κ1) is 18.7. The summed E-state index contributed by atoms with van der Waals surface area (Å²) in [5, 5.41) is 8.86. The molecule has 0 saturated carbocycles. The van der Waals surface area contributed by atoms with Gasteiger partial charge in [-0.25, -0.2) is 0 Å². The van der Waals surface area contributed by atoms with Gasteiger partial charge in [0.15, 0.2) is 0 Å². The lowest BCUT2D eigenvalue weighted by molar-refractivity contribution is 0.0954. The van der Waals surface area contributed by atoms with E-state index >= 15 is 0 Å². The number of ether oxygens (including phenoxy) is 1. The number of rotatable bonds is 3. The van der Waals surface area contributed by atoms with Crippen LogP contribution in [0.4, 0.5) is 5.69 Å². The Morgan fingerprint density at radius 3 is 2.63 bits per heavy atom. The van der Waals surface area contributed by atoms with Gasteiger partial charge in [-0.2, -0.15) is 5.26 Å². The van der Waals surface area contributed by atoms with Gasteiger partial charge in [0.2, 0.25) is 0 Å². The minimum atomic E-state index is -0.325. The van der Waals surface area contributed by atoms with E-state index in [4.69, 9.17) is 10.00 Å². The van der Waals surface area contributed by atoms with Gasteiger partial charge in [-0.3, -0.25) is 4.79 Å². The van der Waals surface area contributed by atoms with Gasteiger partial charge in [-0.05, 0) is 56.0 Å². The molecule has 4 nitrogen and oxygen atoms in total. The van der Waals surface area contributed by atoms with Crippen LogP contribution in [0, 0.1) is 11.3 Å². The van der Waals surface area contributed by atoms with Crippen molar-refractivity contribution in [3.8, 4) is 11.8 Å². The minimum absolute atomic E-state index is 0.0175. The van der Waals surface area contributed by atoms with Crippen LogP contribution >= 0.6 is 0 Å². The van der Waals surface area contributed by atoms with Crippen molar-refractivity contribution >= 4 is 17.7 Å². The van der Waals surface area contributed by atoms with Crippen molar-refractivity contribution in [1.29, 1.82) is 5.26 Å². The lowest BCUT2D eigenvalue weighted by atomic mass is 9.79. The average molecular weight is 360 g/mol. The number of carbonyl (C=O) groups excluding carboxylic acids is 1. The van der Waals surface area contributed by atoms with E-state index in [2.05, 4.69) is 20.8 Å². The normalized spacial score (nSPS) is 18.0. The number of anilines is 1. The van der Waals surface area contributed by atoms with Crippen molar-refractivity contribution < 1.29 is 9.53 Å². The molecule has 3 rings (SSSR count). The molecule has 0 aliphatic carbocycles. The third kappa shape index (κ3) is 3.46. The molecule has 0 radical (unpaired) electrons. The Kier molecular flexibility index (Phi) is 5.05. The molecule has 1 atom stereocenters. The van der Waals surface area contributed by atoms with Gasteiger partial charge in [0.05, 0.1) is 18.9 Å². The number of carbonyl (C=O) groups is 1. The molecule has 0 fully saturated rings. The molecule has 0 bridgehead atoms. The van der Waals surface area contributed by atoms with E-state index in [9.17, 15) is 4.79 Å². The maximum atomic E-state index is 13.4. The van der Waals surface area contributed by atoms with E-state index in [0.29, 0.717) is 11.3 Å². The summed E-state index contributed by atoms with van der Waals surface area (Å²) >= 11 is 0. The van der Waals surface area contributed by atoms with E-state index in [1.54, 1.807) is 13.2 Å². The Morgan fingerprint density at radius 1 is 1.30 bits per heavy atom. The van der Waals surface area contributed by atoms with E-state index < -0.39 is 0 Å². The van der Waals surface area contributed by atoms with Crippen molar-refractivity contribution in [2.75, 3.05) is 12.0 Å². The summed E-state index contributed by atoms with van der Waals surface area (Å²) in [6, 6.07) is 15.3. The predicted molar refractivity (Wildman–Crippen MR) is 108 cm³/mol. The van der Waals surface area contributed by atoms with Gasteiger partial charge in [0.25, 0.3) is 5.91 Å². The highest BCUT2D eigenvalue weighted by Gasteiger charge is 2.40. The van der Waals surface area contributed by atoms with Crippen molar-refractivity contribution in [3.05, 3.63) is 65.2 Å². The molecule has 2 aromatic rings. The Labute approximate surface area is 160 Å². The maximum Gasteiger partial charge on any atom is 0.258 e. The highest BCUT2D eigenvalue weighted by molar-refractivity contribution is 6.08. The third-order valence-corrected chi connectivity index (χ3v) is 5.12. The zero-order chi connectivity index (χ0) is 19.6. The molecule has 2 aromatic carbocycles. The van der Waals surface area contributed by atoms with E-state index in [1.165, 1.54) is 6.08 Å². The number of nitriles is 1. The van der Waals surface area contributed by atoms with Crippen LogP contribution in [0.3, 0.4) is 0 Å². The zero-order valence-corrected chi connectivity index (χ0v) is 16.2. The van der Waals surface area contributed by atoms with E-state index in [1.807, 2.05) is 53.4 Å². The van der Waals surface area contributed by atoms with Gasteiger partial charge in [-0.15, -0.1) is 0 Å². The third-order valence-electron chi connectivity index (χ3n) is 5.12. The zero-order valence-electron chi connectivity index (χ0n) is 16.2. The molecule has 0 spiro atoms. The number of nitrogens with zero attached hydrogens (tertiary/aromatic N) is 2. The van der Waals surface area contributed by atoms with Crippen LogP contribution < -0.4 is 9.64 Å². The van der Waals surface area contributed by atoms with Gasteiger partial charge in [0.1, 0.15) is 5.75 Å². The topological polar surface area (TPSA) is 53.3 Å². The first-order valence-corrected chi connectivity index (χ1v) is 9.06. The Balaban J connectivity index is 2.19. The summed E-state index contributed by atoms with van der Waals surface area (Å²) in [6.45, 7) is 6.38.